The van der Waals surface area contributed by atoms with Crippen LogP contribution < -0.4 is 10.2 Å². The predicted molar refractivity (Wildman–Crippen MR) is 107 cm³/mol. The van der Waals surface area contributed by atoms with Crippen molar-refractivity contribution in [1.29, 1.82) is 0 Å². The number of rotatable bonds is 4. The molecule has 1 saturated carbocycles. The highest BCUT2D eigenvalue weighted by atomic mass is 19.4. The summed E-state index contributed by atoms with van der Waals surface area (Å²) in [5.74, 6) is 0.886. The zero-order chi connectivity index (χ0) is 21.8. The van der Waals surface area contributed by atoms with Gasteiger partial charge in [0, 0.05) is 19.1 Å². The molecule has 8 nitrogen and oxygen atoms in total. The van der Waals surface area contributed by atoms with E-state index in [-0.39, 0.29) is 17.8 Å². The standard InChI is InChI=1S/C20H21F3N6O2/c21-20(22,23)11-2-1-3-13(6-11)29-18-16(9-24-29)17(28-5-4-14(30)10-28)26-19(27-18)25-12-7-15(31)8-12/h1-3,6,9,12,14-15,30-31H,4-5,7-8,10H2,(H,25,26,27)/t12-,14-,15+/m1/s1. The van der Waals surface area contributed by atoms with Gasteiger partial charge in [0.05, 0.1) is 35.0 Å². The van der Waals surface area contributed by atoms with Crippen molar-refractivity contribution in [3.63, 3.8) is 0 Å². The lowest BCUT2D eigenvalue weighted by Gasteiger charge is -2.32. The highest BCUT2D eigenvalue weighted by Crippen LogP contribution is 2.33. The van der Waals surface area contributed by atoms with E-state index in [9.17, 15) is 23.4 Å². The third-order valence-electron chi connectivity index (χ3n) is 5.74. The molecule has 3 aromatic rings. The molecule has 0 amide bonds. The van der Waals surface area contributed by atoms with Gasteiger partial charge in [0.15, 0.2) is 5.65 Å². The number of aromatic nitrogens is 4. The number of nitrogens with one attached hydrogen (secondary N) is 1. The van der Waals surface area contributed by atoms with Gasteiger partial charge in [-0.05, 0) is 37.5 Å². The first-order valence-electron chi connectivity index (χ1n) is 10.1. The second-order valence-electron chi connectivity index (χ2n) is 8.07. The van der Waals surface area contributed by atoms with Crippen molar-refractivity contribution in [2.24, 2.45) is 0 Å². The average molecular weight is 434 g/mol. The minimum Gasteiger partial charge on any atom is -0.393 e. The van der Waals surface area contributed by atoms with Crippen LogP contribution in [0.3, 0.4) is 0 Å². The van der Waals surface area contributed by atoms with Gasteiger partial charge in [-0.2, -0.15) is 28.2 Å². The van der Waals surface area contributed by atoms with E-state index in [2.05, 4.69) is 20.4 Å². The summed E-state index contributed by atoms with van der Waals surface area (Å²) in [4.78, 5) is 11.1. The van der Waals surface area contributed by atoms with Gasteiger partial charge in [0.1, 0.15) is 5.82 Å². The van der Waals surface area contributed by atoms with Gasteiger partial charge in [-0.1, -0.05) is 6.07 Å². The Morgan fingerprint density at radius 2 is 1.90 bits per heavy atom. The molecular weight excluding hydrogens is 413 g/mol. The first-order chi connectivity index (χ1) is 14.8. The van der Waals surface area contributed by atoms with Crippen molar-refractivity contribution in [3.8, 4) is 5.69 Å². The molecule has 2 aromatic heterocycles. The Labute approximate surface area is 175 Å². The highest BCUT2D eigenvalue weighted by molar-refractivity contribution is 5.89. The van der Waals surface area contributed by atoms with Crippen molar-refractivity contribution in [2.45, 2.75) is 43.7 Å². The van der Waals surface area contributed by atoms with Crippen molar-refractivity contribution in [1.82, 2.24) is 19.7 Å². The summed E-state index contributed by atoms with van der Waals surface area (Å²) in [7, 11) is 0. The Bertz CT molecular complexity index is 1110. The molecule has 1 aromatic carbocycles. The number of fused-ring (bicyclic) bond motifs is 1. The van der Waals surface area contributed by atoms with Crippen LogP contribution in [0.5, 0.6) is 0 Å². The van der Waals surface area contributed by atoms with E-state index < -0.39 is 17.8 Å². The lowest BCUT2D eigenvalue weighted by Crippen LogP contribution is -2.39. The molecule has 164 valence electrons. The van der Waals surface area contributed by atoms with Crippen molar-refractivity contribution in [3.05, 3.63) is 36.0 Å². The summed E-state index contributed by atoms with van der Waals surface area (Å²) in [5, 5.41) is 27.6. The van der Waals surface area contributed by atoms with Crippen LogP contribution in [0.1, 0.15) is 24.8 Å². The van der Waals surface area contributed by atoms with E-state index in [1.165, 1.54) is 16.9 Å². The predicted octanol–water partition coefficient (Wildman–Crippen LogP) is 2.34. The van der Waals surface area contributed by atoms with Crippen LogP contribution in [0.4, 0.5) is 24.9 Å². The largest absolute Gasteiger partial charge is 0.416 e. The van der Waals surface area contributed by atoms with Crippen LogP contribution in [0.15, 0.2) is 30.5 Å². The quantitative estimate of drug-likeness (QED) is 0.580. The van der Waals surface area contributed by atoms with E-state index in [0.29, 0.717) is 55.2 Å². The van der Waals surface area contributed by atoms with Gasteiger partial charge in [-0.3, -0.25) is 0 Å². The lowest BCUT2D eigenvalue weighted by atomic mass is 9.90. The molecule has 2 fully saturated rings. The second kappa shape index (κ2) is 7.34. The van der Waals surface area contributed by atoms with Crippen LogP contribution in [0, 0.1) is 0 Å². The minimum atomic E-state index is -4.47. The molecule has 3 N–H and O–H groups in total. The lowest BCUT2D eigenvalue weighted by molar-refractivity contribution is -0.137. The fourth-order valence-corrected chi connectivity index (χ4v) is 4.02. The van der Waals surface area contributed by atoms with Crippen LogP contribution >= 0.6 is 0 Å². The number of hydrogen-bond donors (Lipinski definition) is 3. The molecule has 2 aliphatic rings. The zero-order valence-corrected chi connectivity index (χ0v) is 16.4. The Morgan fingerprint density at radius 3 is 2.58 bits per heavy atom. The van der Waals surface area contributed by atoms with E-state index in [1.54, 1.807) is 6.07 Å². The summed E-state index contributed by atoms with van der Waals surface area (Å²) < 4.78 is 41.0. The van der Waals surface area contributed by atoms with E-state index in [0.717, 1.165) is 12.1 Å². The fourth-order valence-electron chi connectivity index (χ4n) is 4.02. The number of hydrogen-bond acceptors (Lipinski definition) is 7. The second-order valence-corrected chi connectivity index (χ2v) is 8.07. The summed E-state index contributed by atoms with van der Waals surface area (Å²) >= 11 is 0. The van der Waals surface area contributed by atoms with Crippen LogP contribution in [-0.2, 0) is 6.18 Å². The molecule has 1 atom stereocenters. The average Bonchev–Trinajstić information content (AvgIpc) is 3.32. The molecule has 11 heteroatoms. The Hall–Kier alpha value is -2.92. The van der Waals surface area contributed by atoms with Gasteiger partial charge < -0.3 is 20.4 Å². The smallest absolute Gasteiger partial charge is 0.393 e. The molecule has 0 unspecified atom stereocenters. The molecule has 3 heterocycles. The van der Waals surface area contributed by atoms with Gasteiger partial charge in [-0.25, -0.2) is 4.68 Å². The summed E-state index contributed by atoms with van der Waals surface area (Å²) in [6, 6.07) is 4.94. The first-order valence-corrected chi connectivity index (χ1v) is 10.1. The Balaban J connectivity index is 1.60. The highest BCUT2D eigenvalue weighted by Gasteiger charge is 2.32. The number of anilines is 2. The molecule has 5 rings (SSSR count). The van der Waals surface area contributed by atoms with Crippen molar-refractivity contribution < 1.29 is 23.4 Å². The summed E-state index contributed by atoms with van der Waals surface area (Å²) in [6.07, 6.45) is -2.01. The minimum absolute atomic E-state index is 0.0226. The number of aliphatic hydroxyl groups is 2. The van der Waals surface area contributed by atoms with E-state index in [1.807, 2.05) is 4.90 Å². The molecule has 1 aliphatic heterocycles. The monoisotopic (exact) mass is 434 g/mol. The maximum Gasteiger partial charge on any atom is 0.416 e. The topological polar surface area (TPSA) is 99.3 Å². The third-order valence-corrected chi connectivity index (χ3v) is 5.74. The Morgan fingerprint density at radius 1 is 1.10 bits per heavy atom. The zero-order valence-electron chi connectivity index (χ0n) is 16.4. The SMILES string of the molecule is O[C@@H]1CCN(c2nc(N[C@H]3C[C@@H](O)C3)nc3c2cnn3-c2cccc(C(F)(F)F)c2)C1. The van der Waals surface area contributed by atoms with Crippen molar-refractivity contribution >= 4 is 22.8 Å². The van der Waals surface area contributed by atoms with Crippen LogP contribution in [0.25, 0.3) is 16.7 Å². The first kappa shape index (κ1) is 20.0. The number of aliphatic hydroxyl groups excluding tert-OH is 2. The fraction of sp³-hybridized carbons (Fsp3) is 0.450. The number of β-amino-alcohol motifs (C(OH)–C–C–N with tert-alkyl or cyclic N) is 1. The molecule has 0 radical (unpaired) electrons. The molecule has 1 aliphatic carbocycles. The maximum absolute atomic E-state index is 13.2. The van der Waals surface area contributed by atoms with Gasteiger partial charge in [0.2, 0.25) is 5.95 Å². The molecule has 1 saturated heterocycles. The molecular formula is C20H21F3N6O2. The molecule has 0 spiro atoms. The molecule has 0 bridgehead atoms. The normalized spacial score (nSPS) is 23.9. The number of halogens is 3. The van der Waals surface area contributed by atoms with E-state index in [4.69, 9.17) is 0 Å². The van der Waals surface area contributed by atoms with Gasteiger partial charge in [-0.15, -0.1) is 0 Å². The third kappa shape index (κ3) is 3.79. The summed E-state index contributed by atoms with van der Waals surface area (Å²) in [5.41, 5.74) is -0.165. The Kier molecular flexibility index (Phi) is 4.74. The number of alkyl halides is 3. The van der Waals surface area contributed by atoms with Crippen LogP contribution in [-0.4, -0.2) is 61.3 Å². The van der Waals surface area contributed by atoms with Crippen LogP contribution in [0.2, 0.25) is 0 Å². The maximum atomic E-state index is 13.2. The van der Waals surface area contributed by atoms with Crippen molar-refractivity contribution in [2.75, 3.05) is 23.3 Å². The van der Waals surface area contributed by atoms with E-state index >= 15 is 0 Å². The summed E-state index contributed by atoms with van der Waals surface area (Å²) in [6.45, 7) is 1.01. The molecule has 31 heavy (non-hydrogen) atoms. The van der Waals surface area contributed by atoms with Gasteiger partial charge in [0.25, 0.3) is 0 Å². The number of benzene rings is 1. The number of nitrogens with zero attached hydrogens (tertiary/aromatic N) is 5. The van der Waals surface area contributed by atoms with Gasteiger partial charge >= 0.3 is 6.18 Å².